The molecule has 136 valence electrons. The van der Waals surface area contributed by atoms with E-state index in [2.05, 4.69) is 50.2 Å². The van der Waals surface area contributed by atoms with Crippen LogP contribution in [0.25, 0.3) is 0 Å². The van der Waals surface area contributed by atoms with Gasteiger partial charge < -0.3 is 9.42 Å². The number of benzene rings is 2. The summed E-state index contributed by atoms with van der Waals surface area (Å²) in [5.41, 5.74) is 5.36. The third-order valence-corrected chi connectivity index (χ3v) is 5.05. The standard InChI is InChI=1S/C19H17N5O2S/c1-13-12-18(26-23-13)21-19(25)22-20-10-11-24-14-6-2-4-8-16(14)27-17-9-5-3-7-15(17)24/h2-10,12H,11H2,1H3,(H2,21,22,25)/b20-10+. The molecule has 0 saturated carbocycles. The van der Waals surface area contributed by atoms with E-state index in [0.29, 0.717) is 12.2 Å². The number of carbonyl (C=O) groups excluding carboxylic acids is 1. The van der Waals surface area contributed by atoms with Crippen LogP contribution < -0.4 is 15.6 Å². The average molecular weight is 379 g/mol. The van der Waals surface area contributed by atoms with E-state index in [0.717, 1.165) is 11.4 Å². The summed E-state index contributed by atoms with van der Waals surface area (Å²) in [6, 6.07) is 17.6. The van der Waals surface area contributed by atoms with Gasteiger partial charge in [-0.15, -0.1) is 0 Å². The zero-order valence-corrected chi connectivity index (χ0v) is 15.4. The summed E-state index contributed by atoms with van der Waals surface area (Å²) in [6.07, 6.45) is 1.66. The molecule has 8 heteroatoms. The fourth-order valence-corrected chi connectivity index (χ4v) is 3.86. The number of carbonyl (C=O) groups is 1. The summed E-state index contributed by atoms with van der Waals surface area (Å²) < 4.78 is 4.93. The lowest BCUT2D eigenvalue weighted by Gasteiger charge is -2.31. The average Bonchev–Trinajstić information content (AvgIpc) is 3.09. The maximum absolute atomic E-state index is 11.8. The second-order valence-corrected chi connectivity index (χ2v) is 6.94. The van der Waals surface area contributed by atoms with Crippen LogP contribution in [0.4, 0.5) is 22.1 Å². The van der Waals surface area contributed by atoms with Gasteiger partial charge in [-0.1, -0.05) is 41.2 Å². The lowest BCUT2D eigenvalue weighted by molar-refractivity contribution is 0.251. The van der Waals surface area contributed by atoms with E-state index < -0.39 is 6.03 Å². The van der Waals surface area contributed by atoms with E-state index in [-0.39, 0.29) is 5.88 Å². The Balaban J connectivity index is 1.43. The number of nitrogens with zero attached hydrogens (tertiary/aromatic N) is 3. The smallest absolute Gasteiger partial charge is 0.338 e. The fraction of sp³-hybridized carbons (Fsp3) is 0.105. The van der Waals surface area contributed by atoms with Crippen LogP contribution in [-0.2, 0) is 0 Å². The maximum atomic E-state index is 11.8. The molecule has 0 atom stereocenters. The van der Waals surface area contributed by atoms with Gasteiger partial charge >= 0.3 is 6.03 Å². The van der Waals surface area contributed by atoms with Crippen molar-refractivity contribution in [1.82, 2.24) is 10.6 Å². The van der Waals surface area contributed by atoms with Crippen LogP contribution in [0.1, 0.15) is 5.69 Å². The number of hydrogen-bond donors (Lipinski definition) is 2. The minimum Gasteiger partial charge on any atom is -0.338 e. The van der Waals surface area contributed by atoms with Crippen LogP contribution in [0.2, 0.25) is 0 Å². The second-order valence-electron chi connectivity index (χ2n) is 5.86. The van der Waals surface area contributed by atoms with Crippen molar-refractivity contribution >= 4 is 41.3 Å². The predicted octanol–water partition coefficient (Wildman–Crippen LogP) is 4.39. The summed E-state index contributed by atoms with van der Waals surface area (Å²) in [5.74, 6) is 0.274. The number of hydrazone groups is 1. The van der Waals surface area contributed by atoms with Crippen molar-refractivity contribution in [2.45, 2.75) is 16.7 Å². The molecule has 27 heavy (non-hydrogen) atoms. The van der Waals surface area contributed by atoms with Gasteiger partial charge in [0, 0.05) is 22.1 Å². The van der Waals surface area contributed by atoms with Crippen molar-refractivity contribution in [1.29, 1.82) is 0 Å². The first-order valence-electron chi connectivity index (χ1n) is 8.36. The molecule has 1 aromatic heterocycles. The Kier molecular flexibility index (Phi) is 4.80. The largest absolute Gasteiger partial charge is 0.342 e. The van der Waals surface area contributed by atoms with Gasteiger partial charge in [0.15, 0.2) is 0 Å². The minimum atomic E-state index is -0.489. The SMILES string of the molecule is Cc1cc(NC(=O)N/N=C/CN2c3ccccc3Sc3ccccc32)on1. The first-order valence-corrected chi connectivity index (χ1v) is 9.17. The molecule has 7 nitrogen and oxygen atoms in total. The topological polar surface area (TPSA) is 82.8 Å². The van der Waals surface area contributed by atoms with Crippen molar-refractivity contribution < 1.29 is 9.32 Å². The maximum Gasteiger partial charge on any atom is 0.342 e. The number of aromatic nitrogens is 1. The molecular formula is C19H17N5O2S. The van der Waals surface area contributed by atoms with Crippen molar-refractivity contribution in [3.8, 4) is 0 Å². The molecule has 0 spiro atoms. The fourth-order valence-electron chi connectivity index (χ4n) is 2.77. The highest BCUT2D eigenvalue weighted by Crippen LogP contribution is 2.47. The van der Waals surface area contributed by atoms with Crippen LogP contribution in [0.15, 0.2) is 74.0 Å². The molecule has 4 rings (SSSR count). The van der Waals surface area contributed by atoms with E-state index in [1.54, 1.807) is 31.0 Å². The zero-order valence-electron chi connectivity index (χ0n) is 14.5. The van der Waals surface area contributed by atoms with Gasteiger partial charge in [0.05, 0.1) is 23.6 Å². The molecule has 0 radical (unpaired) electrons. The minimum absolute atomic E-state index is 0.274. The number of para-hydroxylation sites is 2. The molecule has 3 aromatic rings. The van der Waals surface area contributed by atoms with Crippen LogP contribution in [-0.4, -0.2) is 23.9 Å². The Morgan fingerprint density at radius 1 is 1.19 bits per heavy atom. The number of nitrogens with one attached hydrogen (secondary N) is 2. The molecule has 2 N–H and O–H groups in total. The molecular weight excluding hydrogens is 362 g/mol. The quantitative estimate of drug-likeness (QED) is 0.519. The van der Waals surface area contributed by atoms with E-state index in [4.69, 9.17) is 4.52 Å². The zero-order chi connectivity index (χ0) is 18.6. The molecule has 1 aliphatic rings. The molecule has 0 fully saturated rings. The van der Waals surface area contributed by atoms with Crippen molar-refractivity contribution in [2.75, 3.05) is 16.8 Å². The van der Waals surface area contributed by atoms with Crippen molar-refractivity contribution in [3.63, 3.8) is 0 Å². The summed E-state index contributed by atoms with van der Waals surface area (Å²) in [5, 5.41) is 10.2. The highest BCUT2D eigenvalue weighted by atomic mass is 32.2. The Labute approximate surface area is 160 Å². The molecule has 0 saturated heterocycles. The highest BCUT2D eigenvalue weighted by molar-refractivity contribution is 7.99. The van der Waals surface area contributed by atoms with E-state index in [9.17, 15) is 4.79 Å². The molecule has 2 amide bonds. The van der Waals surface area contributed by atoms with Gasteiger partial charge in [-0.25, -0.2) is 10.2 Å². The molecule has 1 aliphatic heterocycles. The Hall–Kier alpha value is -3.26. The van der Waals surface area contributed by atoms with Gasteiger partial charge in [-0.05, 0) is 31.2 Å². The molecule has 0 aliphatic carbocycles. The van der Waals surface area contributed by atoms with Gasteiger partial charge in [0.2, 0.25) is 5.88 Å². The van der Waals surface area contributed by atoms with Gasteiger partial charge in [-0.3, -0.25) is 5.32 Å². The van der Waals surface area contributed by atoms with Crippen LogP contribution in [0.5, 0.6) is 0 Å². The van der Waals surface area contributed by atoms with E-state index in [1.807, 2.05) is 24.3 Å². The number of urea groups is 1. The molecule has 2 heterocycles. The third kappa shape index (κ3) is 3.80. The third-order valence-electron chi connectivity index (χ3n) is 3.92. The van der Waals surface area contributed by atoms with Crippen LogP contribution in [0, 0.1) is 6.92 Å². The van der Waals surface area contributed by atoms with Gasteiger partial charge in [-0.2, -0.15) is 5.10 Å². The number of hydrogen-bond acceptors (Lipinski definition) is 6. The number of fused-ring (bicyclic) bond motifs is 2. The van der Waals surface area contributed by atoms with E-state index >= 15 is 0 Å². The molecule has 0 unspecified atom stereocenters. The first-order chi connectivity index (χ1) is 13.2. The Morgan fingerprint density at radius 3 is 2.48 bits per heavy atom. The highest BCUT2D eigenvalue weighted by Gasteiger charge is 2.21. The Bertz CT molecular complexity index is 956. The second kappa shape index (κ2) is 7.55. The lowest BCUT2D eigenvalue weighted by atomic mass is 10.2. The summed E-state index contributed by atoms with van der Waals surface area (Å²) in [4.78, 5) is 16.4. The number of amides is 2. The number of aryl methyl sites for hydroxylation is 1. The van der Waals surface area contributed by atoms with Gasteiger partial charge in [0.25, 0.3) is 0 Å². The predicted molar refractivity (Wildman–Crippen MR) is 106 cm³/mol. The monoisotopic (exact) mass is 379 g/mol. The van der Waals surface area contributed by atoms with Crippen LogP contribution in [0.3, 0.4) is 0 Å². The van der Waals surface area contributed by atoms with Crippen LogP contribution >= 0.6 is 11.8 Å². The lowest BCUT2D eigenvalue weighted by Crippen LogP contribution is -2.26. The normalized spacial score (nSPS) is 12.6. The number of anilines is 3. The molecule has 0 bridgehead atoms. The van der Waals surface area contributed by atoms with Crippen molar-refractivity contribution in [2.24, 2.45) is 5.10 Å². The summed E-state index contributed by atoms with van der Waals surface area (Å²) in [7, 11) is 0. The Morgan fingerprint density at radius 2 is 1.85 bits per heavy atom. The molecule has 2 aromatic carbocycles. The van der Waals surface area contributed by atoms with Crippen molar-refractivity contribution in [3.05, 3.63) is 60.3 Å². The number of rotatable bonds is 4. The van der Waals surface area contributed by atoms with Gasteiger partial charge in [0.1, 0.15) is 0 Å². The first kappa shape index (κ1) is 17.2. The summed E-state index contributed by atoms with van der Waals surface area (Å²) >= 11 is 1.75. The summed E-state index contributed by atoms with van der Waals surface area (Å²) in [6.45, 7) is 2.30. The van der Waals surface area contributed by atoms with E-state index in [1.165, 1.54) is 9.79 Å².